The molecule has 0 aliphatic rings. The van der Waals surface area contributed by atoms with Gasteiger partial charge >= 0.3 is 11.9 Å². The van der Waals surface area contributed by atoms with E-state index in [-0.39, 0.29) is 24.3 Å². The first-order chi connectivity index (χ1) is 17.5. The maximum atomic E-state index is 12.2. The number of aliphatic hydroxyl groups is 4. The topological polar surface area (TPSA) is 134 Å². The molecule has 0 fully saturated rings. The Morgan fingerprint density at radius 3 is 1.11 bits per heavy atom. The van der Waals surface area contributed by atoms with E-state index in [1.807, 2.05) is 0 Å². The van der Waals surface area contributed by atoms with E-state index >= 15 is 0 Å². The molecule has 2 atom stereocenters. The van der Waals surface area contributed by atoms with Gasteiger partial charge in [-0.15, -0.1) is 0 Å². The van der Waals surface area contributed by atoms with Crippen LogP contribution >= 0.6 is 0 Å². The quantitative estimate of drug-likeness (QED) is 0.0987. The summed E-state index contributed by atoms with van der Waals surface area (Å²) >= 11 is 0. The SMILES string of the molecule is O=C(OC(O)CCCCCCCCCO)c1ccc(C(=O)OC(O)CCCCCCCCCO)cc1. The van der Waals surface area contributed by atoms with E-state index < -0.39 is 24.5 Å². The molecule has 0 saturated carbocycles. The molecule has 1 aromatic carbocycles. The van der Waals surface area contributed by atoms with Crippen molar-refractivity contribution >= 4 is 11.9 Å². The van der Waals surface area contributed by atoms with Gasteiger partial charge in [-0.3, -0.25) is 0 Å². The highest BCUT2D eigenvalue weighted by Gasteiger charge is 2.16. The summed E-state index contributed by atoms with van der Waals surface area (Å²) in [6.07, 6.45) is 12.0. The van der Waals surface area contributed by atoms with Gasteiger partial charge in [-0.25, -0.2) is 9.59 Å². The molecule has 8 heteroatoms. The summed E-state index contributed by atoms with van der Waals surface area (Å²) in [5, 5.41) is 37.4. The van der Waals surface area contributed by atoms with E-state index in [1.165, 1.54) is 24.3 Å². The molecule has 0 bridgehead atoms. The Kier molecular flexibility index (Phi) is 18.8. The summed E-state index contributed by atoms with van der Waals surface area (Å²) in [5.41, 5.74) is 0.433. The lowest BCUT2D eigenvalue weighted by Gasteiger charge is -2.13. The third kappa shape index (κ3) is 15.9. The Hall–Kier alpha value is -2.00. The summed E-state index contributed by atoms with van der Waals surface area (Å²) in [5.74, 6) is -1.33. The molecule has 0 radical (unpaired) electrons. The Labute approximate surface area is 215 Å². The molecule has 4 N–H and O–H groups in total. The summed E-state index contributed by atoms with van der Waals surface area (Å²) in [7, 11) is 0. The molecule has 8 nitrogen and oxygen atoms in total. The van der Waals surface area contributed by atoms with Crippen molar-refractivity contribution in [2.75, 3.05) is 13.2 Å². The zero-order valence-corrected chi connectivity index (χ0v) is 21.6. The molecule has 0 spiro atoms. The molecule has 1 rings (SSSR count). The maximum absolute atomic E-state index is 12.2. The molecule has 0 aliphatic heterocycles. The molecule has 1 aromatic rings. The number of benzene rings is 1. The molecule has 0 aromatic heterocycles. The van der Waals surface area contributed by atoms with E-state index in [0.717, 1.165) is 89.9 Å². The molecule has 0 heterocycles. The number of hydrogen-bond acceptors (Lipinski definition) is 8. The van der Waals surface area contributed by atoms with Crippen molar-refractivity contribution in [1.82, 2.24) is 0 Å². The summed E-state index contributed by atoms with van der Waals surface area (Å²) in [6, 6.07) is 5.73. The van der Waals surface area contributed by atoms with Gasteiger partial charge < -0.3 is 29.9 Å². The first-order valence-corrected chi connectivity index (χ1v) is 13.6. The van der Waals surface area contributed by atoms with E-state index in [2.05, 4.69) is 0 Å². The summed E-state index contributed by atoms with van der Waals surface area (Å²) < 4.78 is 10.1. The van der Waals surface area contributed by atoms with Crippen molar-refractivity contribution in [3.63, 3.8) is 0 Å². The number of carbonyl (C=O) groups is 2. The average molecular weight is 511 g/mol. The number of aliphatic hydroxyl groups excluding tert-OH is 4. The van der Waals surface area contributed by atoms with Gasteiger partial charge in [0.1, 0.15) is 0 Å². The lowest BCUT2D eigenvalue weighted by Crippen LogP contribution is -2.19. The fraction of sp³-hybridized carbons (Fsp3) is 0.714. The van der Waals surface area contributed by atoms with Crippen molar-refractivity contribution in [3.05, 3.63) is 35.4 Å². The van der Waals surface area contributed by atoms with Crippen LogP contribution in [0.3, 0.4) is 0 Å². The van der Waals surface area contributed by atoms with Crippen LogP contribution in [-0.2, 0) is 9.47 Å². The molecular weight excluding hydrogens is 464 g/mol. The average Bonchev–Trinajstić information content (AvgIpc) is 2.87. The van der Waals surface area contributed by atoms with Gasteiger partial charge in [-0.1, -0.05) is 64.2 Å². The maximum Gasteiger partial charge on any atom is 0.340 e. The van der Waals surface area contributed by atoms with Crippen molar-refractivity contribution in [1.29, 1.82) is 0 Å². The third-order valence-corrected chi connectivity index (χ3v) is 6.06. The van der Waals surface area contributed by atoms with E-state index in [4.69, 9.17) is 19.7 Å². The minimum absolute atomic E-state index is 0.217. The minimum atomic E-state index is -1.17. The second kappa shape index (κ2) is 21.1. The number of esters is 2. The van der Waals surface area contributed by atoms with Gasteiger partial charge in [-0.05, 0) is 49.9 Å². The van der Waals surface area contributed by atoms with Gasteiger partial charge in [0.05, 0.1) is 11.1 Å². The first-order valence-electron chi connectivity index (χ1n) is 13.6. The predicted octanol–water partition coefficient (Wildman–Crippen LogP) is 4.86. The zero-order chi connectivity index (χ0) is 26.4. The Bertz CT molecular complexity index is 632. The molecular formula is C28H46O8. The normalized spacial score (nSPS) is 12.8. The van der Waals surface area contributed by atoms with Crippen LogP contribution in [-0.4, -0.2) is 58.2 Å². The van der Waals surface area contributed by atoms with Gasteiger partial charge in [0, 0.05) is 26.1 Å². The zero-order valence-electron chi connectivity index (χ0n) is 21.6. The van der Waals surface area contributed by atoms with E-state index in [0.29, 0.717) is 12.8 Å². The monoisotopic (exact) mass is 510 g/mol. The fourth-order valence-corrected chi connectivity index (χ4v) is 3.87. The highest BCUT2D eigenvalue weighted by Crippen LogP contribution is 2.14. The van der Waals surface area contributed by atoms with Gasteiger partial charge in [0.2, 0.25) is 12.6 Å². The Morgan fingerprint density at radius 2 is 0.806 bits per heavy atom. The third-order valence-electron chi connectivity index (χ3n) is 6.06. The number of unbranched alkanes of at least 4 members (excludes halogenated alkanes) is 12. The number of carbonyl (C=O) groups excluding carboxylic acids is 2. The van der Waals surface area contributed by atoms with Crippen molar-refractivity contribution in [2.24, 2.45) is 0 Å². The van der Waals surface area contributed by atoms with Gasteiger partial charge in [0.25, 0.3) is 0 Å². The van der Waals surface area contributed by atoms with Gasteiger partial charge in [-0.2, -0.15) is 0 Å². The van der Waals surface area contributed by atoms with Crippen LogP contribution in [0.1, 0.15) is 123 Å². The standard InChI is InChI=1S/C28H46O8/c29-21-13-9-5-1-3-7-11-15-25(31)35-27(33)23-17-19-24(20-18-23)28(34)36-26(32)16-12-8-4-2-6-10-14-22-30/h17-20,25-26,29-32H,1-16,21-22H2. The molecule has 0 saturated heterocycles. The number of hydrogen-bond donors (Lipinski definition) is 4. The van der Waals surface area contributed by atoms with E-state index in [1.54, 1.807) is 0 Å². The van der Waals surface area contributed by atoms with Crippen LogP contribution in [0.4, 0.5) is 0 Å². The smallest absolute Gasteiger partial charge is 0.340 e. The van der Waals surface area contributed by atoms with Gasteiger partial charge in [0.15, 0.2) is 0 Å². The van der Waals surface area contributed by atoms with Crippen molar-refractivity contribution in [2.45, 2.75) is 115 Å². The van der Waals surface area contributed by atoms with Crippen LogP contribution in [0.2, 0.25) is 0 Å². The van der Waals surface area contributed by atoms with Crippen molar-refractivity contribution < 1.29 is 39.5 Å². The molecule has 36 heavy (non-hydrogen) atoms. The van der Waals surface area contributed by atoms with E-state index in [9.17, 15) is 19.8 Å². The van der Waals surface area contributed by atoms with Crippen LogP contribution in [0, 0.1) is 0 Å². The Balaban J connectivity index is 2.22. The van der Waals surface area contributed by atoms with Crippen LogP contribution in [0.25, 0.3) is 0 Å². The second-order valence-corrected chi connectivity index (χ2v) is 9.27. The summed E-state index contributed by atoms with van der Waals surface area (Å²) in [6.45, 7) is 0.476. The predicted molar refractivity (Wildman–Crippen MR) is 137 cm³/mol. The number of rotatable bonds is 22. The first kappa shape index (κ1) is 32.0. The van der Waals surface area contributed by atoms with Crippen molar-refractivity contribution in [3.8, 4) is 0 Å². The highest BCUT2D eigenvalue weighted by molar-refractivity contribution is 5.93. The molecule has 206 valence electrons. The molecule has 0 amide bonds. The summed E-state index contributed by atoms with van der Waals surface area (Å²) in [4.78, 5) is 24.4. The lowest BCUT2D eigenvalue weighted by molar-refractivity contribution is -0.0707. The van der Waals surface area contributed by atoms with Crippen LogP contribution in [0.5, 0.6) is 0 Å². The second-order valence-electron chi connectivity index (χ2n) is 9.27. The largest absolute Gasteiger partial charge is 0.432 e. The number of ether oxygens (including phenoxy) is 2. The highest BCUT2D eigenvalue weighted by atomic mass is 16.6. The van der Waals surface area contributed by atoms with Crippen LogP contribution in [0.15, 0.2) is 24.3 Å². The molecule has 0 aliphatic carbocycles. The fourth-order valence-electron chi connectivity index (χ4n) is 3.87. The van der Waals surface area contributed by atoms with Crippen LogP contribution < -0.4 is 0 Å². The molecule has 2 unspecified atom stereocenters. The minimum Gasteiger partial charge on any atom is -0.432 e. The Morgan fingerprint density at radius 1 is 0.528 bits per heavy atom. The lowest BCUT2D eigenvalue weighted by atomic mass is 10.1.